The zero-order valence-corrected chi connectivity index (χ0v) is 7.36. The first-order valence-corrected chi connectivity index (χ1v) is 4.30. The lowest BCUT2D eigenvalue weighted by atomic mass is 9.97. The summed E-state index contributed by atoms with van der Waals surface area (Å²) in [4.78, 5) is 12.7. The standard InChI is InChI=1S/C8H16N2O2/c1-6(12)10-4-2-3-7(9)8(10)5-11/h7-8,11H,2-5,9H2,1H3. The smallest absolute Gasteiger partial charge is 0.219 e. The van der Waals surface area contributed by atoms with Gasteiger partial charge in [-0.2, -0.15) is 0 Å². The minimum atomic E-state index is -0.170. The first-order chi connectivity index (χ1) is 5.66. The van der Waals surface area contributed by atoms with E-state index < -0.39 is 0 Å². The Balaban J connectivity index is 2.64. The van der Waals surface area contributed by atoms with Crippen LogP contribution in [-0.2, 0) is 4.79 Å². The number of aliphatic hydroxyl groups is 1. The minimum Gasteiger partial charge on any atom is -0.394 e. The number of hydrogen-bond donors (Lipinski definition) is 2. The summed E-state index contributed by atoms with van der Waals surface area (Å²) in [5, 5.41) is 9.01. The number of hydrogen-bond acceptors (Lipinski definition) is 3. The van der Waals surface area contributed by atoms with Crippen LogP contribution in [0.5, 0.6) is 0 Å². The summed E-state index contributed by atoms with van der Waals surface area (Å²) >= 11 is 0. The van der Waals surface area contributed by atoms with E-state index in [4.69, 9.17) is 10.8 Å². The van der Waals surface area contributed by atoms with Gasteiger partial charge in [0.2, 0.25) is 5.91 Å². The quantitative estimate of drug-likeness (QED) is 0.550. The molecule has 1 heterocycles. The fraction of sp³-hybridized carbons (Fsp3) is 0.875. The molecule has 2 unspecified atom stereocenters. The summed E-state index contributed by atoms with van der Waals surface area (Å²) in [5.74, 6) is 0.00389. The van der Waals surface area contributed by atoms with Crippen LogP contribution in [-0.4, -0.2) is 41.1 Å². The van der Waals surface area contributed by atoms with Crippen molar-refractivity contribution >= 4 is 5.91 Å². The molecule has 1 amide bonds. The Bertz CT molecular complexity index is 172. The normalized spacial score (nSPS) is 30.4. The molecule has 1 fully saturated rings. The van der Waals surface area contributed by atoms with Gasteiger partial charge in [-0.3, -0.25) is 4.79 Å². The average Bonchev–Trinajstić information content (AvgIpc) is 2.03. The molecule has 70 valence electrons. The van der Waals surface area contributed by atoms with Gasteiger partial charge in [0.15, 0.2) is 0 Å². The molecule has 1 aliphatic heterocycles. The SMILES string of the molecule is CC(=O)N1CCCC(N)C1CO. The molecule has 0 aromatic rings. The van der Waals surface area contributed by atoms with Gasteiger partial charge >= 0.3 is 0 Å². The molecule has 0 aromatic heterocycles. The lowest BCUT2D eigenvalue weighted by Crippen LogP contribution is -2.55. The lowest BCUT2D eigenvalue weighted by Gasteiger charge is -2.38. The van der Waals surface area contributed by atoms with E-state index >= 15 is 0 Å². The van der Waals surface area contributed by atoms with Gasteiger partial charge in [0, 0.05) is 19.5 Å². The van der Waals surface area contributed by atoms with Crippen molar-refractivity contribution in [3.63, 3.8) is 0 Å². The Hall–Kier alpha value is -0.610. The van der Waals surface area contributed by atoms with Crippen LogP contribution in [0.25, 0.3) is 0 Å². The summed E-state index contributed by atoms with van der Waals surface area (Å²) in [6.07, 6.45) is 1.84. The van der Waals surface area contributed by atoms with Crippen LogP contribution in [0.3, 0.4) is 0 Å². The van der Waals surface area contributed by atoms with Gasteiger partial charge in [-0.05, 0) is 12.8 Å². The Morgan fingerprint density at radius 2 is 2.42 bits per heavy atom. The van der Waals surface area contributed by atoms with Crippen molar-refractivity contribution in [1.29, 1.82) is 0 Å². The monoisotopic (exact) mass is 172 g/mol. The number of nitrogens with two attached hydrogens (primary N) is 1. The third-order valence-corrected chi connectivity index (χ3v) is 2.42. The van der Waals surface area contributed by atoms with Crippen molar-refractivity contribution in [3.05, 3.63) is 0 Å². The van der Waals surface area contributed by atoms with E-state index in [-0.39, 0.29) is 24.6 Å². The second-order valence-corrected chi connectivity index (χ2v) is 3.27. The van der Waals surface area contributed by atoms with Crippen molar-refractivity contribution < 1.29 is 9.90 Å². The predicted octanol–water partition coefficient (Wildman–Crippen LogP) is -0.683. The topological polar surface area (TPSA) is 66.6 Å². The zero-order chi connectivity index (χ0) is 9.14. The molecule has 0 aromatic carbocycles. The number of rotatable bonds is 1. The average molecular weight is 172 g/mol. The molecule has 3 N–H and O–H groups in total. The van der Waals surface area contributed by atoms with Crippen LogP contribution in [0, 0.1) is 0 Å². The highest BCUT2D eigenvalue weighted by atomic mass is 16.3. The highest BCUT2D eigenvalue weighted by Crippen LogP contribution is 2.15. The molecule has 0 aliphatic carbocycles. The fourth-order valence-corrected chi connectivity index (χ4v) is 1.71. The molecule has 1 saturated heterocycles. The largest absolute Gasteiger partial charge is 0.394 e. The number of likely N-dealkylation sites (tertiary alicyclic amines) is 1. The highest BCUT2D eigenvalue weighted by Gasteiger charge is 2.29. The minimum absolute atomic E-state index is 0.00389. The van der Waals surface area contributed by atoms with Crippen LogP contribution < -0.4 is 5.73 Å². The summed E-state index contributed by atoms with van der Waals surface area (Å²) in [5.41, 5.74) is 5.76. The predicted molar refractivity (Wildman–Crippen MR) is 45.5 cm³/mol. The number of amides is 1. The molecule has 1 rings (SSSR count). The fourth-order valence-electron chi connectivity index (χ4n) is 1.71. The summed E-state index contributed by atoms with van der Waals surface area (Å²) < 4.78 is 0. The molecule has 4 nitrogen and oxygen atoms in total. The third-order valence-electron chi connectivity index (χ3n) is 2.42. The van der Waals surface area contributed by atoms with E-state index in [1.807, 2.05) is 0 Å². The van der Waals surface area contributed by atoms with Crippen molar-refractivity contribution in [2.45, 2.75) is 31.8 Å². The van der Waals surface area contributed by atoms with Crippen LogP contribution in [0.4, 0.5) is 0 Å². The number of carbonyl (C=O) groups is 1. The molecule has 0 radical (unpaired) electrons. The number of aliphatic hydroxyl groups excluding tert-OH is 1. The Morgan fingerprint density at radius 3 is 2.83 bits per heavy atom. The molecular formula is C8H16N2O2. The van der Waals surface area contributed by atoms with Gasteiger partial charge in [0.25, 0.3) is 0 Å². The first kappa shape index (κ1) is 9.48. The summed E-state index contributed by atoms with van der Waals surface area (Å²) in [7, 11) is 0. The van der Waals surface area contributed by atoms with Crippen LogP contribution >= 0.6 is 0 Å². The van der Waals surface area contributed by atoms with Gasteiger partial charge in [-0.1, -0.05) is 0 Å². The van der Waals surface area contributed by atoms with Crippen molar-refractivity contribution in [3.8, 4) is 0 Å². The Morgan fingerprint density at radius 1 is 1.75 bits per heavy atom. The number of piperidine rings is 1. The molecule has 12 heavy (non-hydrogen) atoms. The molecule has 4 heteroatoms. The summed E-state index contributed by atoms with van der Waals surface area (Å²) in [6, 6.07) is -0.233. The van der Waals surface area contributed by atoms with Crippen molar-refractivity contribution in [2.24, 2.45) is 5.73 Å². The maximum Gasteiger partial charge on any atom is 0.219 e. The first-order valence-electron chi connectivity index (χ1n) is 4.30. The lowest BCUT2D eigenvalue weighted by molar-refractivity contribution is -0.134. The molecule has 2 atom stereocenters. The summed E-state index contributed by atoms with van der Waals surface area (Å²) in [6.45, 7) is 2.22. The molecule has 0 spiro atoms. The van der Waals surface area contributed by atoms with Gasteiger partial charge in [0.1, 0.15) is 0 Å². The molecule has 1 aliphatic rings. The van der Waals surface area contributed by atoms with Crippen molar-refractivity contribution in [1.82, 2.24) is 4.90 Å². The van der Waals surface area contributed by atoms with Gasteiger partial charge in [0.05, 0.1) is 12.6 Å². The Labute approximate surface area is 72.3 Å². The molecule has 0 saturated carbocycles. The van der Waals surface area contributed by atoms with E-state index in [2.05, 4.69) is 0 Å². The van der Waals surface area contributed by atoms with Crippen LogP contribution in [0.15, 0.2) is 0 Å². The maximum atomic E-state index is 11.1. The maximum absolute atomic E-state index is 11.1. The van der Waals surface area contributed by atoms with Gasteiger partial charge < -0.3 is 15.7 Å². The Kier molecular flexibility index (Phi) is 3.05. The number of carbonyl (C=O) groups excluding carboxylic acids is 1. The number of nitrogens with zero attached hydrogens (tertiary/aromatic N) is 1. The van der Waals surface area contributed by atoms with Crippen molar-refractivity contribution in [2.75, 3.05) is 13.2 Å². The highest BCUT2D eigenvalue weighted by molar-refractivity contribution is 5.73. The van der Waals surface area contributed by atoms with E-state index in [9.17, 15) is 4.79 Å². The molecular weight excluding hydrogens is 156 g/mol. The van der Waals surface area contributed by atoms with E-state index in [0.717, 1.165) is 19.4 Å². The second kappa shape index (κ2) is 3.87. The van der Waals surface area contributed by atoms with Crippen LogP contribution in [0.2, 0.25) is 0 Å². The molecule has 0 bridgehead atoms. The van der Waals surface area contributed by atoms with Crippen LogP contribution in [0.1, 0.15) is 19.8 Å². The van der Waals surface area contributed by atoms with E-state index in [1.54, 1.807) is 4.90 Å². The van der Waals surface area contributed by atoms with E-state index in [1.165, 1.54) is 6.92 Å². The van der Waals surface area contributed by atoms with Gasteiger partial charge in [-0.15, -0.1) is 0 Å². The van der Waals surface area contributed by atoms with E-state index in [0.29, 0.717) is 0 Å². The zero-order valence-electron chi connectivity index (χ0n) is 7.36. The van der Waals surface area contributed by atoms with Gasteiger partial charge in [-0.25, -0.2) is 0 Å². The second-order valence-electron chi connectivity index (χ2n) is 3.27. The third kappa shape index (κ3) is 1.76.